The summed E-state index contributed by atoms with van der Waals surface area (Å²) in [6.07, 6.45) is 0.434. The molecule has 0 bridgehead atoms. The molecule has 0 aromatic heterocycles. The molecular formula is C15H15ClFNO3S. The molecule has 22 heavy (non-hydrogen) atoms. The van der Waals surface area contributed by atoms with Crippen molar-refractivity contribution in [1.29, 1.82) is 0 Å². The molecule has 0 aliphatic rings. The third-order valence-corrected chi connectivity index (χ3v) is 4.90. The van der Waals surface area contributed by atoms with Gasteiger partial charge in [-0.2, -0.15) is 0 Å². The predicted molar refractivity (Wildman–Crippen MR) is 83.3 cm³/mol. The molecule has 0 amide bonds. The number of sulfonamides is 1. The van der Waals surface area contributed by atoms with Gasteiger partial charge in [0.05, 0.1) is 12.0 Å². The Labute approximate surface area is 133 Å². The van der Waals surface area contributed by atoms with E-state index in [1.54, 1.807) is 25.3 Å². The van der Waals surface area contributed by atoms with Gasteiger partial charge in [-0.1, -0.05) is 17.7 Å². The van der Waals surface area contributed by atoms with Gasteiger partial charge in [-0.05, 0) is 48.4 Å². The van der Waals surface area contributed by atoms with Crippen LogP contribution in [0.15, 0.2) is 47.4 Å². The van der Waals surface area contributed by atoms with E-state index >= 15 is 0 Å². The number of hydrogen-bond donors (Lipinski definition) is 1. The van der Waals surface area contributed by atoms with Crippen molar-refractivity contribution in [2.75, 3.05) is 13.7 Å². The molecule has 4 nitrogen and oxygen atoms in total. The van der Waals surface area contributed by atoms with E-state index in [1.165, 1.54) is 12.1 Å². The first-order valence-corrected chi connectivity index (χ1v) is 8.36. The number of rotatable bonds is 6. The van der Waals surface area contributed by atoms with Gasteiger partial charge >= 0.3 is 0 Å². The van der Waals surface area contributed by atoms with Crippen LogP contribution < -0.4 is 9.46 Å². The minimum Gasteiger partial charge on any atom is -0.497 e. The highest BCUT2D eigenvalue weighted by atomic mass is 35.5. The fraction of sp³-hybridized carbons (Fsp3) is 0.200. The van der Waals surface area contributed by atoms with Crippen LogP contribution in [-0.2, 0) is 16.4 Å². The fourth-order valence-electron chi connectivity index (χ4n) is 1.87. The first kappa shape index (κ1) is 16.7. The van der Waals surface area contributed by atoms with Crippen LogP contribution in [-0.4, -0.2) is 22.1 Å². The van der Waals surface area contributed by atoms with E-state index in [0.29, 0.717) is 17.2 Å². The van der Waals surface area contributed by atoms with Crippen LogP contribution >= 0.6 is 11.6 Å². The molecule has 0 saturated heterocycles. The van der Waals surface area contributed by atoms with Crippen molar-refractivity contribution >= 4 is 21.6 Å². The molecule has 2 rings (SSSR count). The van der Waals surface area contributed by atoms with E-state index in [-0.39, 0.29) is 11.4 Å². The highest BCUT2D eigenvalue weighted by Gasteiger charge is 2.13. The van der Waals surface area contributed by atoms with Gasteiger partial charge in [-0.25, -0.2) is 17.5 Å². The molecule has 0 fully saturated rings. The number of ether oxygens (including phenoxy) is 1. The zero-order valence-electron chi connectivity index (χ0n) is 11.8. The second-order valence-corrected chi connectivity index (χ2v) is 6.73. The number of hydrogen-bond acceptors (Lipinski definition) is 3. The van der Waals surface area contributed by atoms with Gasteiger partial charge in [0.15, 0.2) is 0 Å². The molecule has 0 aliphatic heterocycles. The molecule has 1 N–H and O–H groups in total. The number of methoxy groups -OCH3 is 1. The highest BCUT2D eigenvalue weighted by molar-refractivity contribution is 7.89. The minimum absolute atomic E-state index is 0.0229. The quantitative estimate of drug-likeness (QED) is 0.877. The van der Waals surface area contributed by atoms with E-state index in [9.17, 15) is 12.8 Å². The summed E-state index contributed by atoms with van der Waals surface area (Å²) in [4.78, 5) is 0.0229. The Kier molecular flexibility index (Phi) is 5.39. The van der Waals surface area contributed by atoms with E-state index in [0.717, 1.165) is 17.7 Å². The van der Waals surface area contributed by atoms with Crippen LogP contribution in [0.25, 0.3) is 0 Å². The van der Waals surface area contributed by atoms with Crippen molar-refractivity contribution in [3.05, 3.63) is 58.9 Å². The van der Waals surface area contributed by atoms with Gasteiger partial charge in [0.1, 0.15) is 11.6 Å². The van der Waals surface area contributed by atoms with Gasteiger partial charge in [0.2, 0.25) is 10.0 Å². The standard InChI is InChI=1S/C15H15ClFNO3S/c1-21-13-5-2-11(15(16)10-13)8-9-18-22(19,20)14-6-3-12(17)4-7-14/h2-7,10,18H,8-9H2,1H3. The Balaban J connectivity index is 1.99. The summed E-state index contributed by atoms with van der Waals surface area (Å²) in [5.74, 6) is 0.157. The Bertz CT molecular complexity index is 748. The molecule has 2 aromatic rings. The normalized spacial score (nSPS) is 11.4. The maximum absolute atomic E-state index is 12.8. The van der Waals surface area contributed by atoms with Crippen LogP contribution in [0.2, 0.25) is 5.02 Å². The van der Waals surface area contributed by atoms with Crippen molar-refractivity contribution in [2.45, 2.75) is 11.3 Å². The Morgan fingerprint density at radius 3 is 2.45 bits per heavy atom. The van der Waals surface area contributed by atoms with Crippen LogP contribution in [0.3, 0.4) is 0 Å². The van der Waals surface area contributed by atoms with Crippen molar-refractivity contribution in [3.63, 3.8) is 0 Å². The Hall–Kier alpha value is -1.63. The summed E-state index contributed by atoms with van der Waals surface area (Å²) in [6, 6.07) is 9.87. The summed E-state index contributed by atoms with van der Waals surface area (Å²) in [5.41, 5.74) is 0.810. The highest BCUT2D eigenvalue weighted by Crippen LogP contribution is 2.22. The molecule has 0 spiro atoms. The van der Waals surface area contributed by atoms with Gasteiger partial charge in [0.25, 0.3) is 0 Å². The van der Waals surface area contributed by atoms with E-state index in [2.05, 4.69) is 4.72 Å². The number of nitrogens with one attached hydrogen (secondary N) is 1. The Morgan fingerprint density at radius 1 is 1.18 bits per heavy atom. The summed E-state index contributed by atoms with van der Waals surface area (Å²) < 4.78 is 44.4. The Morgan fingerprint density at radius 2 is 1.86 bits per heavy atom. The van der Waals surface area contributed by atoms with Crippen LogP contribution in [0.4, 0.5) is 4.39 Å². The van der Waals surface area contributed by atoms with Crippen molar-refractivity contribution < 1.29 is 17.5 Å². The molecule has 0 heterocycles. The molecule has 7 heteroatoms. The predicted octanol–water partition coefficient (Wildman–Crippen LogP) is 3.01. The van der Waals surface area contributed by atoms with Crippen LogP contribution in [0.1, 0.15) is 5.56 Å². The molecule has 118 valence electrons. The van der Waals surface area contributed by atoms with E-state index < -0.39 is 15.8 Å². The molecule has 0 radical (unpaired) electrons. The molecule has 0 aliphatic carbocycles. The van der Waals surface area contributed by atoms with Gasteiger partial charge < -0.3 is 4.74 Å². The lowest BCUT2D eigenvalue weighted by atomic mass is 10.1. The van der Waals surface area contributed by atoms with Crippen molar-refractivity contribution in [3.8, 4) is 5.75 Å². The number of benzene rings is 2. The largest absolute Gasteiger partial charge is 0.497 e. The first-order chi connectivity index (χ1) is 10.4. The third-order valence-electron chi connectivity index (χ3n) is 3.07. The molecule has 0 unspecified atom stereocenters. The SMILES string of the molecule is COc1ccc(CCNS(=O)(=O)c2ccc(F)cc2)c(Cl)c1. The average molecular weight is 344 g/mol. The topological polar surface area (TPSA) is 55.4 Å². The molecule has 2 aromatic carbocycles. The zero-order chi connectivity index (χ0) is 16.2. The lowest BCUT2D eigenvalue weighted by molar-refractivity contribution is 0.414. The monoisotopic (exact) mass is 343 g/mol. The van der Waals surface area contributed by atoms with E-state index in [4.69, 9.17) is 16.3 Å². The van der Waals surface area contributed by atoms with Gasteiger partial charge in [-0.3, -0.25) is 0 Å². The van der Waals surface area contributed by atoms with Crippen molar-refractivity contribution in [1.82, 2.24) is 4.72 Å². The lowest BCUT2D eigenvalue weighted by Crippen LogP contribution is -2.26. The fourth-order valence-corrected chi connectivity index (χ4v) is 3.17. The summed E-state index contributed by atoms with van der Waals surface area (Å²) in [5, 5.41) is 0.514. The summed E-state index contributed by atoms with van der Waals surface area (Å²) in [6.45, 7) is 0.186. The minimum atomic E-state index is -3.66. The summed E-state index contributed by atoms with van der Waals surface area (Å²) in [7, 11) is -2.11. The summed E-state index contributed by atoms with van der Waals surface area (Å²) >= 11 is 6.09. The van der Waals surface area contributed by atoms with Crippen molar-refractivity contribution in [2.24, 2.45) is 0 Å². The number of halogens is 2. The zero-order valence-corrected chi connectivity index (χ0v) is 13.4. The van der Waals surface area contributed by atoms with Crippen LogP contribution in [0.5, 0.6) is 5.75 Å². The molecule has 0 atom stereocenters. The van der Waals surface area contributed by atoms with Crippen LogP contribution in [0, 0.1) is 5.82 Å². The lowest BCUT2D eigenvalue weighted by Gasteiger charge is -2.09. The molecular weight excluding hydrogens is 329 g/mol. The maximum atomic E-state index is 12.8. The second kappa shape index (κ2) is 7.09. The third kappa shape index (κ3) is 4.19. The average Bonchev–Trinajstić information content (AvgIpc) is 2.49. The first-order valence-electron chi connectivity index (χ1n) is 6.50. The molecule has 0 saturated carbocycles. The maximum Gasteiger partial charge on any atom is 0.240 e. The van der Waals surface area contributed by atoms with E-state index in [1.807, 2.05) is 0 Å². The second-order valence-electron chi connectivity index (χ2n) is 4.56. The van der Waals surface area contributed by atoms with Gasteiger partial charge in [0, 0.05) is 11.6 Å². The van der Waals surface area contributed by atoms with Gasteiger partial charge in [-0.15, -0.1) is 0 Å². The smallest absolute Gasteiger partial charge is 0.240 e.